The largest absolute Gasteiger partial charge is 0.508 e. The highest BCUT2D eigenvalue weighted by molar-refractivity contribution is 5.71. The molecule has 1 unspecified atom stereocenters. The Morgan fingerprint density at radius 1 is 1.12 bits per heavy atom. The average Bonchev–Trinajstić information content (AvgIpc) is 2.54. The highest BCUT2D eigenvalue weighted by atomic mass is 16.5. The highest BCUT2D eigenvalue weighted by Gasteiger charge is 2.10. The number of carbonyl (C=O) groups is 1. The van der Waals surface area contributed by atoms with E-state index >= 15 is 0 Å². The first kappa shape index (κ1) is 18.6. The molecule has 0 saturated carbocycles. The molecule has 0 aliphatic rings. The van der Waals surface area contributed by atoms with E-state index < -0.39 is 12.1 Å². The van der Waals surface area contributed by atoms with Crippen LogP contribution in [-0.4, -0.2) is 46.1 Å². The minimum absolute atomic E-state index is 0.108. The second-order valence-electron chi connectivity index (χ2n) is 5.53. The molecule has 25 heavy (non-hydrogen) atoms. The first-order valence-corrected chi connectivity index (χ1v) is 7.80. The summed E-state index contributed by atoms with van der Waals surface area (Å²) in [4.78, 5) is 10.8. The van der Waals surface area contributed by atoms with Crippen LogP contribution in [0.4, 0.5) is 0 Å². The molecule has 0 spiro atoms. The van der Waals surface area contributed by atoms with Gasteiger partial charge in [0.15, 0.2) is 0 Å². The topological polar surface area (TPSA) is 119 Å². The summed E-state index contributed by atoms with van der Waals surface area (Å²) < 4.78 is 5.58. The van der Waals surface area contributed by atoms with Crippen LogP contribution in [0.25, 0.3) is 0 Å². The van der Waals surface area contributed by atoms with E-state index in [1.165, 1.54) is 18.2 Å². The number of carboxylic acid groups (broad SMARTS) is 1. The SMILES string of the molecule is O=C(O)Cc1ccccc1OCCNCC(O)c1cc(O)cc(O)c1. The second kappa shape index (κ2) is 8.91. The number of benzene rings is 2. The normalized spacial score (nSPS) is 11.9. The number of carboxylic acids is 1. The molecule has 0 aliphatic carbocycles. The number of ether oxygens (including phenoxy) is 1. The fourth-order valence-corrected chi connectivity index (χ4v) is 2.35. The first-order chi connectivity index (χ1) is 12.0. The molecule has 0 aromatic heterocycles. The number of phenols is 2. The van der Waals surface area contributed by atoms with Crippen molar-refractivity contribution in [3.8, 4) is 17.2 Å². The summed E-state index contributed by atoms with van der Waals surface area (Å²) in [7, 11) is 0. The maximum atomic E-state index is 10.8. The number of aliphatic hydroxyl groups is 1. The van der Waals surface area contributed by atoms with Gasteiger partial charge in [-0.05, 0) is 23.8 Å². The van der Waals surface area contributed by atoms with Crippen molar-refractivity contribution in [1.29, 1.82) is 0 Å². The van der Waals surface area contributed by atoms with Gasteiger partial charge in [-0.1, -0.05) is 18.2 Å². The van der Waals surface area contributed by atoms with Crippen LogP contribution in [0.2, 0.25) is 0 Å². The van der Waals surface area contributed by atoms with Crippen LogP contribution in [0.5, 0.6) is 17.2 Å². The van der Waals surface area contributed by atoms with Crippen molar-refractivity contribution >= 4 is 5.97 Å². The van der Waals surface area contributed by atoms with Crippen molar-refractivity contribution in [3.05, 3.63) is 53.6 Å². The molecule has 1 atom stereocenters. The van der Waals surface area contributed by atoms with Gasteiger partial charge in [-0.3, -0.25) is 4.79 Å². The number of aliphatic carboxylic acids is 1. The molecule has 0 bridgehead atoms. The molecule has 2 rings (SSSR count). The molecular weight excluding hydrogens is 326 g/mol. The standard InChI is InChI=1S/C18H21NO6/c20-14-7-13(8-15(21)10-14)16(22)11-19-5-6-25-17-4-2-1-3-12(17)9-18(23)24/h1-4,7-8,10,16,19-22H,5-6,9,11H2,(H,23,24). The Morgan fingerprint density at radius 2 is 1.80 bits per heavy atom. The fraction of sp³-hybridized carbons (Fsp3) is 0.278. The van der Waals surface area contributed by atoms with E-state index in [1.54, 1.807) is 24.3 Å². The van der Waals surface area contributed by atoms with Gasteiger partial charge in [-0.25, -0.2) is 0 Å². The summed E-state index contributed by atoms with van der Waals surface area (Å²) >= 11 is 0. The average molecular weight is 347 g/mol. The van der Waals surface area contributed by atoms with E-state index in [9.17, 15) is 20.1 Å². The highest BCUT2D eigenvalue weighted by Crippen LogP contribution is 2.24. The number of hydrogen-bond donors (Lipinski definition) is 5. The smallest absolute Gasteiger partial charge is 0.307 e. The van der Waals surface area contributed by atoms with Gasteiger partial charge in [0.1, 0.15) is 23.9 Å². The lowest BCUT2D eigenvalue weighted by Crippen LogP contribution is -2.26. The van der Waals surface area contributed by atoms with E-state index in [4.69, 9.17) is 9.84 Å². The molecule has 7 heteroatoms. The van der Waals surface area contributed by atoms with Gasteiger partial charge in [0.05, 0.1) is 12.5 Å². The molecule has 7 nitrogen and oxygen atoms in total. The number of phenolic OH excluding ortho intramolecular Hbond substituents is 2. The Kier molecular flexibility index (Phi) is 6.62. The molecule has 0 heterocycles. The maximum absolute atomic E-state index is 10.8. The lowest BCUT2D eigenvalue weighted by Gasteiger charge is -2.14. The van der Waals surface area contributed by atoms with Gasteiger partial charge in [0, 0.05) is 24.7 Å². The number of hydrogen-bond acceptors (Lipinski definition) is 6. The summed E-state index contributed by atoms with van der Waals surface area (Å²) in [5, 5.41) is 40.7. The van der Waals surface area contributed by atoms with Crippen LogP contribution in [0.15, 0.2) is 42.5 Å². The number of para-hydroxylation sites is 1. The van der Waals surface area contributed by atoms with Crippen LogP contribution in [-0.2, 0) is 11.2 Å². The molecular formula is C18H21NO6. The lowest BCUT2D eigenvalue weighted by atomic mass is 10.1. The van der Waals surface area contributed by atoms with Gasteiger partial charge in [-0.2, -0.15) is 0 Å². The molecule has 2 aromatic rings. The fourth-order valence-electron chi connectivity index (χ4n) is 2.35. The van der Waals surface area contributed by atoms with Crippen LogP contribution in [0, 0.1) is 0 Å². The maximum Gasteiger partial charge on any atom is 0.307 e. The molecule has 5 N–H and O–H groups in total. The summed E-state index contributed by atoms with van der Waals surface area (Å²) in [5.41, 5.74) is 1.00. The third-order valence-corrected chi connectivity index (χ3v) is 3.50. The third kappa shape index (κ3) is 5.98. The number of rotatable bonds is 9. The van der Waals surface area contributed by atoms with Crippen molar-refractivity contribution in [2.24, 2.45) is 0 Å². The summed E-state index contributed by atoms with van der Waals surface area (Å²) in [6.07, 6.45) is -0.999. The summed E-state index contributed by atoms with van der Waals surface area (Å²) in [6.45, 7) is 0.945. The van der Waals surface area contributed by atoms with Crippen LogP contribution < -0.4 is 10.1 Å². The zero-order chi connectivity index (χ0) is 18.2. The van der Waals surface area contributed by atoms with Gasteiger partial charge >= 0.3 is 5.97 Å². The van der Waals surface area contributed by atoms with Crippen molar-refractivity contribution in [2.75, 3.05) is 19.7 Å². The molecule has 0 fully saturated rings. The van der Waals surface area contributed by atoms with Crippen molar-refractivity contribution in [1.82, 2.24) is 5.32 Å². The molecule has 0 amide bonds. The molecule has 2 aromatic carbocycles. The van der Waals surface area contributed by atoms with Gasteiger partial charge in [0.2, 0.25) is 0 Å². The van der Waals surface area contributed by atoms with E-state index in [2.05, 4.69) is 5.32 Å². The summed E-state index contributed by atoms with van der Waals surface area (Å²) in [6, 6.07) is 10.9. The predicted molar refractivity (Wildman–Crippen MR) is 90.9 cm³/mol. The van der Waals surface area contributed by atoms with Gasteiger partial charge in [-0.15, -0.1) is 0 Å². The Labute approximate surface area is 145 Å². The van der Waals surface area contributed by atoms with E-state index in [0.717, 1.165) is 0 Å². The Hall–Kier alpha value is -2.77. The van der Waals surface area contributed by atoms with Crippen molar-refractivity contribution < 1.29 is 30.0 Å². The first-order valence-electron chi connectivity index (χ1n) is 7.80. The molecule has 0 aliphatic heterocycles. The van der Waals surface area contributed by atoms with E-state index in [0.29, 0.717) is 30.0 Å². The molecule has 0 radical (unpaired) electrons. The van der Waals surface area contributed by atoms with Gasteiger partial charge < -0.3 is 30.5 Å². The Balaban J connectivity index is 1.77. The number of nitrogens with one attached hydrogen (secondary N) is 1. The second-order valence-corrected chi connectivity index (χ2v) is 5.53. The van der Waals surface area contributed by atoms with Crippen molar-refractivity contribution in [2.45, 2.75) is 12.5 Å². The quantitative estimate of drug-likeness (QED) is 0.435. The minimum Gasteiger partial charge on any atom is -0.508 e. The monoisotopic (exact) mass is 347 g/mol. The van der Waals surface area contributed by atoms with Gasteiger partial charge in [0.25, 0.3) is 0 Å². The van der Waals surface area contributed by atoms with Crippen LogP contribution in [0.3, 0.4) is 0 Å². The Bertz CT molecular complexity index is 698. The van der Waals surface area contributed by atoms with E-state index in [-0.39, 0.29) is 24.5 Å². The molecule has 134 valence electrons. The third-order valence-electron chi connectivity index (χ3n) is 3.50. The minimum atomic E-state index is -0.924. The Morgan fingerprint density at radius 3 is 2.48 bits per heavy atom. The molecule has 0 saturated heterocycles. The zero-order valence-corrected chi connectivity index (χ0v) is 13.6. The lowest BCUT2D eigenvalue weighted by molar-refractivity contribution is -0.136. The predicted octanol–water partition coefficient (Wildman–Crippen LogP) is 1.43. The van der Waals surface area contributed by atoms with E-state index in [1.807, 2.05) is 0 Å². The summed E-state index contributed by atoms with van der Waals surface area (Å²) in [5.74, 6) is -0.642. The zero-order valence-electron chi connectivity index (χ0n) is 13.6. The number of aliphatic hydroxyl groups excluding tert-OH is 1. The van der Waals surface area contributed by atoms with Crippen LogP contribution >= 0.6 is 0 Å². The van der Waals surface area contributed by atoms with Crippen molar-refractivity contribution in [3.63, 3.8) is 0 Å². The van der Waals surface area contributed by atoms with Crippen LogP contribution in [0.1, 0.15) is 17.2 Å². The number of aromatic hydroxyl groups is 2.